The zero-order valence-corrected chi connectivity index (χ0v) is 14.0. The minimum atomic E-state index is -0.418. The fourth-order valence-electron chi connectivity index (χ4n) is 2.39. The molecular formula is C19H16FN3O3. The molecule has 1 aromatic heterocycles. The van der Waals surface area contributed by atoms with Gasteiger partial charge in [0.25, 0.3) is 0 Å². The Morgan fingerprint density at radius 3 is 2.35 bits per heavy atom. The summed E-state index contributed by atoms with van der Waals surface area (Å²) < 4.78 is 18.9. The summed E-state index contributed by atoms with van der Waals surface area (Å²) in [7, 11) is 0. The van der Waals surface area contributed by atoms with Crippen molar-refractivity contribution in [1.29, 1.82) is 0 Å². The van der Waals surface area contributed by atoms with Gasteiger partial charge in [0.15, 0.2) is 5.76 Å². The first-order valence-corrected chi connectivity index (χ1v) is 7.89. The largest absolute Gasteiger partial charge is 0.356 e. The predicted octanol–water partition coefficient (Wildman–Crippen LogP) is 3.62. The van der Waals surface area contributed by atoms with Crippen molar-refractivity contribution in [3.63, 3.8) is 0 Å². The molecule has 0 unspecified atom stereocenters. The maximum absolute atomic E-state index is 13.8. The summed E-state index contributed by atoms with van der Waals surface area (Å²) in [6.07, 6.45) is -0.00853. The Hall–Kier alpha value is -3.48. The molecule has 0 spiro atoms. The van der Waals surface area contributed by atoms with Crippen LogP contribution in [0.3, 0.4) is 0 Å². The number of benzene rings is 2. The Morgan fingerprint density at radius 2 is 1.69 bits per heavy atom. The molecule has 0 bridgehead atoms. The molecule has 0 saturated heterocycles. The monoisotopic (exact) mass is 353 g/mol. The van der Waals surface area contributed by atoms with Gasteiger partial charge in [0.2, 0.25) is 11.8 Å². The lowest BCUT2D eigenvalue weighted by molar-refractivity contribution is -0.116. The second-order valence-electron chi connectivity index (χ2n) is 5.65. The van der Waals surface area contributed by atoms with E-state index in [9.17, 15) is 14.0 Å². The summed E-state index contributed by atoms with van der Waals surface area (Å²) in [5, 5.41) is 9.18. The van der Waals surface area contributed by atoms with Crippen LogP contribution in [0.25, 0.3) is 11.3 Å². The van der Waals surface area contributed by atoms with E-state index < -0.39 is 5.82 Å². The molecule has 3 rings (SSSR count). The molecular weight excluding hydrogens is 337 g/mol. The molecule has 26 heavy (non-hydrogen) atoms. The van der Waals surface area contributed by atoms with Gasteiger partial charge in [-0.05, 0) is 36.4 Å². The molecule has 6 nitrogen and oxygen atoms in total. The van der Waals surface area contributed by atoms with Crippen molar-refractivity contribution in [2.45, 2.75) is 13.3 Å². The Morgan fingerprint density at radius 1 is 1.04 bits per heavy atom. The number of nitrogens with zero attached hydrogens (tertiary/aromatic N) is 1. The van der Waals surface area contributed by atoms with E-state index in [1.54, 1.807) is 42.5 Å². The van der Waals surface area contributed by atoms with Gasteiger partial charge >= 0.3 is 0 Å². The first kappa shape index (κ1) is 17.3. The molecule has 0 saturated carbocycles. The average molecular weight is 353 g/mol. The average Bonchev–Trinajstić information content (AvgIpc) is 3.04. The topological polar surface area (TPSA) is 84.2 Å². The molecule has 0 aliphatic heterocycles. The number of hydrogen-bond acceptors (Lipinski definition) is 4. The summed E-state index contributed by atoms with van der Waals surface area (Å²) in [5.74, 6) is -0.603. The SMILES string of the molecule is CC(=O)Nc1ccc(NC(=O)Cc2cc(-c3ccccc3F)on2)cc1. The Bertz CT molecular complexity index is 935. The fourth-order valence-corrected chi connectivity index (χ4v) is 2.39. The second kappa shape index (κ2) is 7.60. The van der Waals surface area contributed by atoms with Gasteiger partial charge in [0, 0.05) is 24.4 Å². The molecule has 2 amide bonds. The fraction of sp³-hybridized carbons (Fsp3) is 0.105. The van der Waals surface area contributed by atoms with Crippen molar-refractivity contribution >= 4 is 23.2 Å². The summed E-state index contributed by atoms with van der Waals surface area (Å²) in [6.45, 7) is 1.42. The van der Waals surface area contributed by atoms with Crippen LogP contribution >= 0.6 is 0 Å². The first-order valence-electron chi connectivity index (χ1n) is 7.89. The third kappa shape index (κ3) is 4.32. The standard InChI is InChI=1S/C19H16FN3O3/c1-12(24)21-13-6-8-14(9-7-13)22-19(25)11-15-10-18(26-23-15)16-4-2-3-5-17(16)20/h2-10H,11H2,1H3,(H,21,24)(H,22,25). The quantitative estimate of drug-likeness (QED) is 0.734. The van der Waals surface area contributed by atoms with E-state index in [2.05, 4.69) is 15.8 Å². The Kier molecular flexibility index (Phi) is 5.07. The number of carbonyl (C=O) groups excluding carboxylic acids is 2. The van der Waals surface area contributed by atoms with Gasteiger partial charge in [-0.1, -0.05) is 17.3 Å². The highest BCUT2D eigenvalue weighted by Crippen LogP contribution is 2.23. The maximum atomic E-state index is 13.8. The number of amides is 2. The predicted molar refractivity (Wildman–Crippen MR) is 95.0 cm³/mol. The van der Waals surface area contributed by atoms with Crippen LogP contribution in [0.4, 0.5) is 15.8 Å². The van der Waals surface area contributed by atoms with Gasteiger partial charge in [-0.15, -0.1) is 0 Å². The van der Waals surface area contributed by atoms with Gasteiger partial charge in [-0.25, -0.2) is 4.39 Å². The maximum Gasteiger partial charge on any atom is 0.230 e. The molecule has 2 aromatic carbocycles. The van der Waals surface area contributed by atoms with E-state index in [1.165, 1.54) is 19.1 Å². The summed E-state index contributed by atoms with van der Waals surface area (Å²) in [6, 6.07) is 14.4. The van der Waals surface area contributed by atoms with E-state index in [0.717, 1.165) is 0 Å². The van der Waals surface area contributed by atoms with Crippen molar-refractivity contribution < 1.29 is 18.5 Å². The minimum Gasteiger partial charge on any atom is -0.356 e. The van der Waals surface area contributed by atoms with E-state index in [-0.39, 0.29) is 24.0 Å². The van der Waals surface area contributed by atoms with Crippen molar-refractivity contribution in [2.24, 2.45) is 0 Å². The van der Waals surface area contributed by atoms with Crippen molar-refractivity contribution in [3.8, 4) is 11.3 Å². The van der Waals surface area contributed by atoms with E-state index >= 15 is 0 Å². The lowest BCUT2D eigenvalue weighted by Crippen LogP contribution is -2.14. The van der Waals surface area contributed by atoms with Crippen LogP contribution in [0.2, 0.25) is 0 Å². The number of anilines is 2. The highest BCUT2D eigenvalue weighted by Gasteiger charge is 2.13. The molecule has 0 atom stereocenters. The zero-order valence-electron chi connectivity index (χ0n) is 14.0. The van der Waals surface area contributed by atoms with Crippen LogP contribution < -0.4 is 10.6 Å². The number of aromatic nitrogens is 1. The van der Waals surface area contributed by atoms with E-state index in [4.69, 9.17) is 4.52 Å². The van der Waals surface area contributed by atoms with Crippen molar-refractivity contribution in [1.82, 2.24) is 5.16 Å². The van der Waals surface area contributed by atoms with Crippen LogP contribution in [-0.2, 0) is 16.0 Å². The Labute approximate surface area is 149 Å². The van der Waals surface area contributed by atoms with Crippen molar-refractivity contribution in [3.05, 3.63) is 66.1 Å². The molecule has 1 heterocycles. The van der Waals surface area contributed by atoms with Crippen LogP contribution in [0.1, 0.15) is 12.6 Å². The van der Waals surface area contributed by atoms with Crippen LogP contribution in [0, 0.1) is 5.82 Å². The summed E-state index contributed by atoms with van der Waals surface area (Å²) in [5.41, 5.74) is 1.92. The molecule has 0 aliphatic rings. The number of rotatable bonds is 5. The van der Waals surface area contributed by atoms with Gasteiger partial charge < -0.3 is 15.2 Å². The molecule has 0 fully saturated rings. The van der Waals surface area contributed by atoms with Gasteiger partial charge in [-0.2, -0.15) is 0 Å². The number of nitrogens with one attached hydrogen (secondary N) is 2. The number of carbonyl (C=O) groups is 2. The molecule has 7 heteroatoms. The zero-order chi connectivity index (χ0) is 18.5. The lowest BCUT2D eigenvalue weighted by atomic mass is 10.1. The second-order valence-corrected chi connectivity index (χ2v) is 5.65. The summed E-state index contributed by atoms with van der Waals surface area (Å²) in [4.78, 5) is 23.1. The third-order valence-corrected chi connectivity index (χ3v) is 3.53. The van der Waals surface area contributed by atoms with Gasteiger partial charge in [0.05, 0.1) is 17.7 Å². The molecule has 3 aromatic rings. The highest BCUT2D eigenvalue weighted by molar-refractivity contribution is 5.93. The van der Waals surface area contributed by atoms with E-state index in [1.807, 2.05) is 0 Å². The van der Waals surface area contributed by atoms with Gasteiger partial charge in [-0.3, -0.25) is 9.59 Å². The molecule has 0 aliphatic carbocycles. The van der Waals surface area contributed by atoms with Crippen LogP contribution in [0.5, 0.6) is 0 Å². The van der Waals surface area contributed by atoms with Crippen molar-refractivity contribution in [2.75, 3.05) is 10.6 Å². The van der Waals surface area contributed by atoms with Gasteiger partial charge in [0.1, 0.15) is 5.82 Å². The summed E-state index contributed by atoms with van der Waals surface area (Å²) >= 11 is 0. The number of hydrogen-bond donors (Lipinski definition) is 2. The molecule has 132 valence electrons. The minimum absolute atomic E-state index is 0.00853. The van der Waals surface area contributed by atoms with E-state index in [0.29, 0.717) is 22.6 Å². The Balaban J connectivity index is 1.62. The molecule has 2 N–H and O–H groups in total. The smallest absolute Gasteiger partial charge is 0.230 e. The highest BCUT2D eigenvalue weighted by atomic mass is 19.1. The lowest BCUT2D eigenvalue weighted by Gasteiger charge is -2.06. The van der Waals surface area contributed by atoms with Crippen LogP contribution in [-0.4, -0.2) is 17.0 Å². The first-order chi connectivity index (χ1) is 12.5. The normalized spacial score (nSPS) is 10.4. The number of halogens is 1. The molecule has 0 radical (unpaired) electrons. The van der Waals surface area contributed by atoms with Crippen LogP contribution in [0.15, 0.2) is 59.1 Å². The third-order valence-electron chi connectivity index (χ3n) is 3.53.